The third-order valence-electron chi connectivity index (χ3n) is 8.80. The third-order valence-corrected chi connectivity index (χ3v) is 8.80. The van der Waals surface area contributed by atoms with Crippen LogP contribution in [0.15, 0.2) is 54.9 Å². The number of aromatic nitrogens is 4. The Kier molecular flexibility index (Phi) is 9.26. The second kappa shape index (κ2) is 13.5. The maximum absolute atomic E-state index is 13.1. The van der Waals surface area contributed by atoms with Crippen LogP contribution in [0.25, 0.3) is 28.2 Å². The predicted molar refractivity (Wildman–Crippen MR) is 174 cm³/mol. The number of anilines is 2. The second-order valence-corrected chi connectivity index (χ2v) is 12.3. The normalized spacial score (nSPS) is 20.5. The number of alkyl halides is 3. The van der Waals surface area contributed by atoms with Crippen molar-refractivity contribution < 1.29 is 22.8 Å². The minimum Gasteiger partial charge on any atom is -0.383 e. The number of rotatable bonds is 3. The molecule has 10 nitrogen and oxygen atoms in total. The van der Waals surface area contributed by atoms with Crippen LogP contribution in [0.3, 0.4) is 0 Å². The molecular weight excluding hydrogens is 609 g/mol. The lowest BCUT2D eigenvalue weighted by Gasteiger charge is -2.30. The van der Waals surface area contributed by atoms with E-state index in [1.807, 2.05) is 4.68 Å². The summed E-state index contributed by atoms with van der Waals surface area (Å²) in [5.41, 5.74) is 8.89. The molecule has 1 aliphatic carbocycles. The van der Waals surface area contributed by atoms with Gasteiger partial charge in [-0.1, -0.05) is 24.3 Å². The summed E-state index contributed by atoms with van der Waals surface area (Å²) in [6.07, 6.45) is 8.12. The molecule has 2 aliphatic rings. The molecule has 4 aromatic rings. The lowest BCUT2D eigenvalue weighted by atomic mass is 9.90. The number of nitrogens with zero attached hydrogens (tertiary/aromatic N) is 5. The van der Waals surface area contributed by atoms with Gasteiger partial charge in [0.2, 0.25) is 5.91 Å². The Bertz CT molecular complexity index is 1800. The fourth-order valence-electron chi connectivity index (χ4n) is 6.39. The van der Waals surface area contributed by atoms with Crippen LogP contribution in [-0.2, 0) is 11.0 Å². The average Bonchev–Trinajstić information content (AvgIpc) is 3.46. The van der Waals surface area contributed by atoms with Crippen LogP contribution in [0.2, 0.25) is 0 Å². The molecule has 4 N–H and O–H groups in total. The number of amides is 2. The van der Waals surface area contributed by atoms with Crippen LogP contribution in [0.1, 0.15) is 72.5 Å². The van der Waals surface area contributed by atoms with E-state index in [4.69, 9.17) is 10.8 Å². The van der Waals surface area contributed by atoms with Crippen molar-refractivity contribution in [2.24, 2.45) is 0 Å². The van der Waals surface area contributed by atoms with Gasteiger partial charge in [0, 0.05) is 48.1 Å². The number of hydrogen-bond donors (Lipinski definition) is 3. The van der Waals surface area contributed by atoms with E-state index in [0.29, 0.717) is 28.9 Å². The zero-order valence-corrected chi connectivity index (χ0v) is 26.1. The topological polar surface area (TPSA) is 131 Å². The van der Waals surface area contributed by atoms with Crippen molar-refractivity contribution in [1.82, 2.24) is 30.0 Å². The zero-order valence-electron chi connectivity index (χ0n) is 26.1. The number of likely N-dealkylation sites (N-methyl/N-ethyl adjacent to an activating group) is 1. The zero-order chi connectivity index (χ0) is 33.1. The number of carbonyl (C=O) groups is 2. The molecule has 4 heterocycles. The van der Waals surface area contributed by atoms with E-state index in [1.54, 1.807) is 30.5 Å². The predicted octanol–water partition coefficient (Wildman–Crippen LogP) is 6.08. The molecule has 1 fully saturated rings. The maximum Gasteiger partial charge on any atom is 0.416 e. The van der Waals surface area contributed by atoms with Crippen molar-refractivity contribution in [2.75, 3.05) is 31.2 Å². The number of carbonyl (C=O) groups excluding carboxylic acids is 2. The van der Waals surface area contributed by atoms with E-state index in [0.717, 1.165) is 81.0 Å². The van der Waals surface area contributed by atoms with Crippen LogP contribution in [0.5, 0.6) is 0 Å². The molecular formula is C34H37F3N8O2. The van der Waals surface area contributed by atoms with Gasteiger partial charge >= 0.3 is 6.18 Å². The largest absolute Gasteiger partial charge is 0.416 e. The number of nitrogens with two attached hydrogens (primary N) is 1. The van der Waals surface area contributed by atoms with Gasteiger partial charge in [0.1, 0.15) is 17.3 Å². The van der Waals surface area contributed by atoms with Gasteiger partial charge in [0.05, 0.1) is 22.5 Å². The summed E-state index contributed by atoms with van der Waals surface area (Å²) in [7, 11) is 2.05. The number of fused-ring (bicyclic) bond motifs is 3. The summed E-state index contributed by atoms with van der Waals surface area (Å²) in [5, 5.41) is 11.5. The lowest BCUT2D eigenvalue weighted by Crippen LogP contribution is -2.39. The molecule has 1 aliphatic heterocycles. The van der Waals surface area contributed by atoms with Gasteiger partial charge < -0.3 is 21.3 Å². The molecule has 1 saturated carbocycles. The molecule has 3 aromatic heterocycles. The summed E-state index contributed by atoms with van der Waals surface area (Å²) >= 11 is 0. The Morgan fingerprint density at radius 2 is 1.89 bits per heavy atom. The van der Waals surface area contributed by atoms with Gasteiger partial charge in [-0.2, -0.15) is 18.3 Å². The summed E-state index contributed by atoms with van der Waals surface area (Å²) in [4.78, 5) is 36.3. The smallest absolute Gasteiger partial charge is 0.383 e. The molecule has 47 heavy (non-hydrogen) atoms. The number of pyridine rings is 2. The first-order chi connectivity index (χ1) is 22.6. The Labute approximate surface area is 270 Å². The summed E-state index contributed by atoms with van der Waals surface area (Å²) in [6.45, 7) is 1.61. The number of nitrogens with one attached hydrogen (secondary N) is 2. The molecule has 13 heteroatoms. The molecule has 0 saturated heterocycles. The fraction of sp³-hybridized carbons (Fsp3) is 0.382. The number of halogens is 3. The lowest BCUT2D eigenvalue weighted by molar-refractivity contribution is -0.137. The van der Waals surface area contributed by atoms with Crippen molar-refractivity contribution >= 4 is 40.4 Å². The van der Waals surface area contributed by atoms with E-state index < -0.39 is 17.6 Å². The molecule has 0 unspecified atom stereocenters. The highest BCUT2D eigenvalue weighted by Crippen LogP contribution is 2.39. The average molecular weight is 647 g/mol. The van der Waals surface area contributed by atoms with E-state index in [1.165, 1.54) is 0 Å². The number of nitrogen functional groups attached to an aromatic ring is 1. The van der Waals surface area contributed by atoms with Crippen LogP contribution < -0.4 is 16.4 Å². The molecule has 2 bridgehead atoms. The van der Waals surface area contributed by atoms with Crippen LogP contribution in [-0.4, -0.2) is 62.6 Å². The molecule has 2 atom stereocenters. The molecule has 6 rings (SSSR count). The van der Waals surface area contributed by atoms with Gasteiger partial charge in [-0.3, -0.25) is 14.3 Å². The van der Waals surface area contributed by atoms with Crippen molar-refractivity contribution in [3.63, 3.8) is 0 Å². The Hall–Kier alpha value is -4.78. The summed E-state index contributed by atoms with van der Waals surface area (Å²) in [6, 6.07) is 8.32. The first-order valence-electron chi connectivity index (χ1n) is 15.8. The van der Waals surface area contributed by atoms with Crippen molar-refractivity contribution in [1.29, 1.82) is 0 Å². The van der Waals surface area contributed by atoms with E-state index in [-0.39, 0.29) is 29.4 Å². The molecule has 0 radical (unpaired) electrons. The number of hydrogen-bond acceptors (Lipinski definition) is 7. The first kappa shape index (κ1) is 32.2. The highest BCUT2D eigenvalue weighted by molar-refractivity contribution is 6.06. The Balaban J connectivity index is 1.36. The highest BCUT2D eigenvalue weighted by atomic mass is 19.4. The summed E-state index contributed by atoms with van der Waals surface area (Å²) < 4.78 is 41.4. The van der Waals surface area contributed by atoms with Crippen LogP contribution in [0.4, 0.5) is 24.8 Å². The monoisotopic (exact) mass is 646 g/mol. The molecule has 246 valence electrons. The van der Waals surface area contributed by atoms with E-state index >= 15 is 0 Å². The Morgan fingerprint density at radius 3 is 2.68 bits per heavy atom. The van der Waals surface area contributed by atoms with Crippen LogP contribution >= 0.6 is 0 Å². The van der Waals surface area contributed by atoms with Crippen molar-refractivity contribution in [3.8, 4) is 11.3 Å². The fourth-order valence-corrected chi connectivity index (χ4v) is 6.39. The molecule has 2 amide bonds. The van der Waals surface area contributed by atoms with Gasteiger partial charge in [-0.05, 0) is 76.4 Å². The van der Waals surface area contributed by atoms with Crippen molar-refractivity contribution in [3.05, 3.63) is 71.6 Å². The van der Waals surface area contributed by atoms with Gasteiger partial charge in [-0.25, -0.2) is 9.97 Å². The molecule has 1 aromatic carbocycles. The Morgan fingerprint density at radius 1 is 1.09 bits per heavy atom. The van der Waals surface area contributed by atoms with Gasteiger partial charge in [0.25, 0.3) is 5.91 Å². The maximum atomic E-state index is 13.1. The SMILES string of the molecule is CN1C/C=C/c2cnc(N)c3c(-c4ccc(C(=O)Nc5cc(C(F)(F)F)ccn5)cc4)nn(c23)[C@@H]2CCC[C@H](C2)NC(=O)CCCC1. The quantitative estimate of drug-likeness (QED) is 0.246. The minimum atomic E-state index is -4.56. The third kappa shape index (κ3) is 7.30. The highest BCUT2D eigenvalue weighted by Gasteiger charge is 2.31. The van der Waals surface area contributed by atoms with E-state index in [9.17, 15) is 22.8 Å². The van der Waals surface area contributed by atoms with Crippen LogP contribution in [0, 0.1) is 0 Å². The molecule has 0 spiro atoms. The summed E-state index contributed by atoms with van der Waals surface area (Å²) in [5.74, 6) is -0.397. The standard InChI is InChI=1S/C34H37F3N8O2/c1-44-16-3-2-9-28(46)41-25-7-4-8-26(19-25)45-31-23(6-5-17-44)20-40-32(38)29(31)30(43-45)21-10-12-22(13-11-21)33(47)42-27-18-24(14-15-39-27)34(35,36)37/h5-6,10-15,18,20,25-26H,2-4,7-9,16-17,19H2,1H3,(H2,38,40)(H,41,46)(H,39,42,47)/b6-5+/t25-,26-/m1/s1. The minimum absolute atomic E-state index is 0.0137. The number of benzene rings is 1. The second-order valence-electron chi connectivity index (χ2n) is 12.3. The van der Waals surface area contributed by atoms with Crippen molar-refractivity contribution in [2.45, 2.75) is 63.2 Å². The first-order valence-corrected chi connectivity index (χ1v) is 15.8. The van der Waals surface area contributed by atoms with Gasteiger partial charge in [0.15, 0.2) is 0 Å². The van der Waals surface area contributed by atoms with Gasteiger partial charge in [-0.15, -0.1) is 0 Å². The van der Waals surface area contributed by atoms with E-state index in [2.05, 4.69) is 44.7 Å².